The van der Waals surface area contributed by atoms with Crippen molar-refractivity contribution in [3.8, 4) is 0 Å². The van der Waals surface area contributed by atoms with Crippen molar-refractivity contribution in [1.82, 2.24) is 9.62 Å². The van der Waals surface area contributed by atoms with Crippen LogP contribution in [0.1, 0.15) is 48.0 Å². The molecule has 2 aromatic carbocycles. The molecule has 154 valence electrons. The molecule has 0 aliphatic carbocycles. The third-order valence-electron chi connectivity index (χ3n) is 5.04. The first kappa shape index (κ1) is 21.2. The summed E-state index contributed by atoms with van der Waals surface area (Å²) in [6.07, 6.45) is 3.14. The number of carbonyl (C=O) groups is 2. The summed E-state index contributed by atoms with van der Waals surface area (Å²) in [7, 11) is -3.45. The average Bonchev–Trinajstić information content (AvgIpc) is 2.77. The summed E-state index contributed by atoms with van der Waals surface area (Å²) < 4.78 is 26.8. The normalized spacial score (nSPS) is 15.0. The standard InChI is InChI=1S/C22H26N2O4S/c25-21(19-7-3-1-4-8-19)13-14-22(26)23-17-18-9-11-20(12-10-18)29(27,28)24-15-5-2-6-16-24/h1,3-4,7-12H,2,5-6,13-17H2,(H,23,26). The van der Waals surface area contributed by atoms with Crippen LogP contribution in [0.5, 0.6) is 0 Å². The van der Waals surface area contributed by atoms with Crippen LogP contribution in [-0.2, 0) is 21.4 Å². The van der Waals surface area contributed by atoms with Gasteiger partial charge in [0.1, 0.15) is 0 Å². The van der Waals surface area contributed by atoms with Gasteiger partial charge in [-0.3, -0.25) is 9.59 Å². The number of hydrogen-bond acceptors (Lipinski definition) is 4. The maximum absolute atomic E-state index is 12.7. The van der Waals surface area contributed by atoms with Crippen molar-refractivity contribution in [3.63, 3.8) is 0 Å². The SMILES string of the molecule is O=C(CCC(=O)c1ccccc1)NCc1ccc(S(=O)(=O)N2CCCCC2)cc1. The zero-order valence-electron chi connectivity index (χ0n) is 16.3. The minimum Gasteiger partial charge on any atom is -0.352 e. The van der Waals surface area contributed by atoms with E-state index in [0.717, 1.165) is 24.8 Å². The molecule has 0 saturated carbocycles. The largest absolute Gasteiger partial charge is 0.352 e. The Hall–Kier alpha value is -2.51. The zero-order chi connectivity index (χ0) is 20.7. The van der Waals surface area contributed by atoms with Crippen molar-refractivity contribution < 1.29 is 18.0 Å². The third-order valence-corrected chi connectivity index (χ3v) is 6.95. The van der Waals surface area contributed by atoms with Crippen LogP contribution in [-0.4, -0.2) is 37.5 Å². The van der Waals surface area contributed by atoms with E-state index in [2.05, 4.69) is 5.32 Å². The molecular weight excluding hydrogens is 388 g/mol. The quantitative estimate of drug-likeness (QED) is 0.673. The zero-order valence-corrected chi connectivity index (χ0v) is 17.2. The highest BCUT2D eigenvalue weighted by Crippen LogP contribution is 2.20. The Morgan fingerprint density at radius 2 is 1.52 bits per heavy atom. The molecule has 29 heavy (non-hydrogen) atoms. The summed E-state index contributed by atoms with van der Waals surface area (Å²) in [6, 6.07) is 15.5. The molecule has 1 heterocycles. The van der Waals surface area contributed by atoms with Crippen molar-refractivity contribution in [2.45, 2.75) is 43.5 Å². The van der Waals surface area contributed by atoms with Crippen LogP contribution in [0, 0.1) is 0 Å². The molecule has 1 fully saturated rings. The maximum Gasteiger partial charge on any atom is 0.243 e. The van der Waals surface area contributed by atoms with Crippen molar-refractivity contribution in [2.75, 3.05) is 13.1 Å². The van der Waals surface area contributed by atoms with Gasteiger partial charge in [-0.25, -0.2) is 8.42 Å². The highest BCUT2D eigenvalue weighted by atomic mass is 32.2. The Balaban J connectivity index is 1.48. The van der Waals surface area contributed by atoms with Gasteiger partial charge in [-0.05, 0) is 30.5 Å². The van der Waals surface area contributed by atoms with Crippen LogP contribution in [0.2, 0.25) is 0 Å². The Kier molecular flexibility index (Phi) is 7.17. The molecule has 0 aromatic heterocycles. The van der Waals surface area contributed by atoms with Crippen LogP contribution in [0.25, 0.3) is 0 Å². The molecule has 0 spiro atoms. The topological polar surface area (TPSA) is 83.5 Å². The maximum atomic E-state index is 12.7. The van der Waals surface area contributed by atoms with E-state index in [1.54, 1.807) is 48.5 Å². The van der Waals surface area contributed by atoms with Crippen LogP contribution in [0.15, 0.2) is 59.5 Å². The first-order valence-electron chi connectivity index (χ1n) is 9.91. The fourth-order valence-electron chi connectivity index (χ4n) is 3.32. The summed E-state index contributed by atoms with van der Waals surface area (Å²) >= 11 is 0. The van der Waals surface area contributed by atoms with E-state index in [4.69, 9.17) is 0 Å². The van der Waals surface area contributed by atoms with E-state index in [1.165, 1.54) is 4.31 Å². The Bertz CT molecular complexity index is 935. The number of hydrogen-bond donors (Lipinski definition) is 1. The fraction of sp³-hybridized carbons (Fsp3) is 0.364. The fourth-order valence-corrected chi connectivity index (χ4v) is 4.84. The number of benzene rings is 2. The number of sulfonamides is 1. The summed E-state index contributed by atoms with van der Waals surface area (Å²) in [5.41, 5.74) is 1.41. The number of nitrogens with one attached hydrogen (secondary N) is 1. The van der Waals surface area contributed by atoms with Gasteiger partial charge in [0.05, 0.1) is 4.90 Å². The summed E-state index contributed by atoms with van der Waals surface area (Å²) in [6.45, 7) is 1.44. The molecule has 1 aliphatic rings. The van der Waals surface area contributed by atoms with Crippen molar-refractivity contribution in [3.05, 3.63) is 65.7 Å². The summed E-state index contributed by atoms with van der Waals surface area (Å²) in [4.78, 5) is 24.3. The molecule has 0 unspecified atom stereocenters. The van der Waals surface area contributed by atoms with E-state index >= 15 is 0 Å². The molecule has 6 nitrogen and oxygen atoms in total. The number of nitrogens with zero attached hydrogens (tertiary/aromatic N) is 1. The predicted octanol–water partition coefficient (Wildman–Crippen LogP) is 3.14. The minimum atomic E-state index is -3.45. The predicted molar refractivity (Wildman–Crippen MR) is 111 cm³/mol. The van der Waals surface area contributed by atoms with Gasteiger partial charge in [0, 0.05) is 38.0 Å². The molecule has 7 heteroatoms. The number of rotatable bonds is 8. The molecule has 0 radical (unpaired) electrons. The third kappa shape index (κ3) is 5.74. The van der Waals surface area contributed by atoms with Gasteiger partial charge in [0.15, 0.2) is 5.78 Å². The molecule has 2 aromatic rings. The summed E-state index contributed by atoms with van der Waals surface area (Å²) in [5.74, 6) is -0.271. The number of piperidine rings is 1. The second-order valence-corrected chi connectivity index (χ2v) is 9.11. The van der Waals surface area contributed by atoms with E-state index in [1.807, 2.05) is 6.07 Å². The Labute approximate surface area is 172 Å². The van der Waals surface area contributed by atoms with Gasteiger partial charge < -0.3 is 5.32 Å². The minimum absolute atomic E-state index is 0.0620. The van der Waals surface area contributed by atoms with Crippen LogP contribution >= 0.6 is 0 Å². The Morgan fingerprint density at radius 1 is 0.862 bits per heavy atom. The van der Waals surface area contributed by atoms with E-state index in [9.17, 15) is 18.0 Å². The van der Waals surface area contributed by atoms with E-state index in [0.29, 0.717) is 25.2 Å². The van der Waals surface area contributed by atoms with Gasteiger partial charge in [-0.1, -0.05) is 48.9 Å². The van der Waals surface area contributed by atoms with Crippen LogP contribution in [0.4, 0.5) is 0 Å². The van der Waals surface area contributed by atoms with E-state index < -0.39 is 10.0 Å². The Morgan fingerprint density at radius 3 is 2.17 bits per heavy atom. The second kappa shape index (κ2) is 9.80. The van der Waals surface area contributed by atoms with Gasteiger partial charge in [0.2, 0.25) is 15.9 Å². The van der Waals surface area contributed by atoms with Crippen molar-refractivity contribution in [1.29, 1.82) is 0 Å². The first-order chi connectivity index (χ1) is 14.0. The lowest BCUT2D eigenvalue weighted by Gasteiger charge is -2.25. The number of carbonyl (C=O) groups excluding carboxylic acids is 2. The lowest BCUT2D eigenvalue weighted by molar-refractivity contribution is -0.121. The van der Waals surface area contributed by atoms with Gasteiger partial charge in [-0.2, -0.15) is 4.31 Å². The molecule has 1 amide bonds. The highest BCUT2D eigenvalue weighted by Gasteiger charge is 2.25. The van der Waals surface area contributed by atoms with Crippen LogP contribution < -0.4 is 5.32 Å². The molecule has 3 rings (SSSR count). The monoisotopic (exact) mass is 414 g/mol. The highest BCUT2D eigenvalue weighted by molar-refractivity contribution is 7.89. The average molecular weight is 415 g/mol. The number of Topliss-reactive ketones (excluding diaryl/α,β-unsaturated/α-hetero) is 1. The molecule has 1 saturated heterocycles. The lowest BCUT2D eigenvalue weighted by atomic mass is 10.1. The second-order valence-electron chi connectivity index (χ2n) is 7.17. The van der Waals surface area contributed by atoms with Crippen molar-refractivity contribution in [2.24, 2.45) is 0 Å². The molecule has 1 N–H and O–H groups in total. The van der Waals surface area contributed by atoms with Gasteiger partial charge >= 0.3 is 0 Å². The lowest BCUT2D eigenvalue weighted by Crippen LogP contribution is -2.35. The number of ketones is 1. The van der Waals surface area contributed by atoms with Crippen molar-refractivity contribution >= 4 is 21.7 Å². The molecular formula is C22H26N2O4S. The number of amides is 1. The molecule has 0 atom stereocenters. The van der Waals surface area contributed by atoms with E-state index in [-0.39, 0.29) is 29.4 Å². The van der Waals surface area contributed by atoms with Gasteiger partial charge in [-0.15, -0.1) is 0 Å². The summed E-state index contributed by atoms with van der Waals surface area (Å²) in [5, 5.41) is 2.78. The smallest absolute Gasteiger partial charge is 0.243 e. The molecule has 1 aliphatic heterocycles. The van der Waals surface area contributed by atoms with Gasteiger partial charge in [0.25, 0.3) is 0 Å². The molecule has 0 bridgehead atoms. The van der Waals surface area contributed by atoms with Crippen LogP contribution in [0.3, 0.4) is 0 Å². The first-order valence-corrected chi connectivity index (χ1v) is 11.3.